The minimum atomic E-state index is -1.37. The summed E-state index contributed by atoms with van der Waals surface area (Å²) >= 11 is 0. The van der Waals surface area contributed by atoms with Crippen molar-refractivity contribution < 1.29 is 34.5 Å². The number of hydrogen-bond acceptors (Lipinski definition) is 4. The molecular formula is C10H12O7. The monoisotopic (exact) mass is 244 g/mol. The van der Waals surface area contributed by atoms with E-state index in [1.807, 2.05) is 0 Å². The third kappa shape index (κ3) is 2.43. The smallest absolute Gasteiger partial charge is 0.307 e. The lowest BCUT2D eigenvalue weighted by Gasteiger charge is -2.18. The number of carboxylic acids is 3. The fraction of sp³-hybridized carbons (Fsp3) is 0.600. The van der Waals surface area contributed by atoms with E-state index in [1.165, 1.54) is 0 Å². The molecule has 4 unspecified atom stereocenters. The zero-order valence-electron chi connectivity index (χ0n) is 8.78. The lowest BCUT2D eigenvalue weighted by molar-refractivity contribution is -0.154. The average molecular weight is 244 g/mol. The summed E-state index contributed by atoms with van der Waals surface area (Å²) in [7, 11) is 0. The first kappa shape index (κ1) is 13.1. The summed E-state index contributed by atoms with van der Waals surface area (Å²) < 4.78 is 0. The van der Waals surface area contributed by atoms with Crippen molar-refractivity contribution in [3.63, 3.8) is 0 Å². The van der Waals surface area contributed by atoms with Crippen molar-refractivity contribution in [3.05, 3.63) is 0 Å². The van der Waals surface area contributed by atoms with E-state index in [1.54, 1.807) is 0 Å². The minimum absolute atomic E-state index is 0.250. The molecule has 0 bridgehead atoms. The Balaban J connectivity index is 3.07. The van der Waals surface area contributed by atoms with Crippen molar-refractivity contribution in [1.82, 2.24) is 0 Å². The lowest BCUT2D eigenvalue weighted by Crippen LogP contribution is -2.31. The van der Waals surface area contributed by atoms with Gasteiger partial charge in [0.05, 0.1) is 17.8 Å². The molecule has 1 saturated carbocycles. The van der Waals surface area contributed by atoms with Gasteiger partial charge in [0, 0.05) is 6.42 Å². The normalized spacial score (nSPS) is 32.0. The molecule has 1 aliphatic carbocycles. The standard InChI is InChI=1S/C10H12O7/c11-2-1-4-5(8(12)13)3-6(9(14)15)7(4)10(16)17/h2,4-7H,1,3H2,(H,12,13)(H,14,15)(H,16,17). The van der Waals surface area contributed by atoms with Gasteiger partial charge in [-0.3, -0.25) is 14.4 Å². The van der Waals surface area contributed by atoms with Gasteiger partial charge in [-0.2, -0.15) is 0 Å². The number of aliphatic carboxylic acids is 3. The quantitative estimate of drug-likeness (QED) is 0.566. The highest BCUT2D eigenvalue weighted by Gasteiger charge is 2.52. The lowest BCUT2D eigenvalue weighted by atomic mass is 9.85. The molecule has 1 aliphatic rings. The maximum absolute atomic E-state index is 11.0. The Morgan fingerprint density at radius 2 is 1.53 bits per heavy atom. The Kier molecular flexibility index (Phi) is 3.82. The molecule has 0 saturated heterocycles. The highest BCUT2D eigenvalue weighted by atomic mass is 16.4. The molecule has 0 aromatic heterocycles. The molecule has 0 spiro atoms. The number of hydrogen-bond donors (Lipinski definition) is 3. The van der Waals surface area contributed by atoms with Crippen LogP contribution in [0.3, 0.4) is 0 Å². The molecule has 4 atom stereocenters. The van der Waals surface area contributed by atoms with Gasteiger partial charge in [0.2, 0.25) is 0 Å². The Labute approximate surface area is 96.0 Å². The van der Waals surface area contributed by atoms with Crippen molar-refractivity contribution in [2.45, 2.75) is 12.8 Å². The molecule has 7 nitrogen and oxygen atoms in total. The third-order valence-corrected chi connectivity index (χ3v) is 3.21. The predicted octanol–water partition coefficient (Wildman–Crippen LogP) is -0.302. The van der Waals surface area contributed by atoms with Gasteiger partial charge in [0.1, 0.15) is 6.29 Å². The Hall–Kier alpha value is -1.92. The van der Waals surface area contributed by atoms with Crippen LogP contribution < -0.4 is 0 Å². The number of carbonyl (C=O) groups is 4. The van der Waals surface area contributed by atoms with Crippen LogP contribution in [0.4, 0.5) is 0 Å². The van der Waals surface area contributed by atoms with Gasteiger partial charge in [0.15, 0.2) is 0 Å². The van der Waals surface area contributed by atoms with Crippen molar-refractivity contribution in [3.8, 4) is 0 Å². The van der Waals surface area contributed by atoms with Gasteiger partial charge in [-0.15, -0.1) is 0 Å². The SMILES string of the molecule is O=CCC1C(C(=O)O)CC(C(=O)O)C1C(=O)O. The van der Waals surface area contributed by atoms with Gasteiger partial charge < -0.3 is 20.1 Å². The maximum Gasteiger partial charge on any atom is 0.307 e. The first-order valence-corrected chi connectivity index (χ1v) is 5.02. The van der Waals surface area contributed by atoms with E-state index in [0.29, 0.717) is 6.29 Å². The summed E-state index contributed by atoms with van der Waals surface area (Å²) in [4.78, 5) is 43.2. The molecule has 1 rings (SSSR count). The Morgan fingerprint density at radius 3 is 1.88 bits per heavy atom. The number of carbonyl (C=O) groups excluding carboxylic acids is 1. The van der Waals surface area contributed by atoms with E-state index in [2.05, 4.69) is 0 Å². The molecule has 0 amide bonds. The molecule has 7 heteroatoms. The van der Waals surface area contributed by atoms with Crippen molar-refractivity contribution >= 4 is 24.2 Å². The fourth-order valence-corrected chi connectivity index (χ4v) is 2.46. The van der Waals surface area contributed by atoms with E-state index < -0.39 is 41.6 Å². The molecule has 0 aliphatic heterocycles. The van der Waals surface area contributed by atoms with Crippen LogP contribution in [0.15, 0.2) is 0 Å². The van der Waals surface area contributed by atoms with E-state index >= 15 is 0 Å². The predicted molar refractivity (Wildman–Crippen MR) is 52.2 cm³/mol. The molecule has 0 aromatic carbocycles. The summed E-state index contributed by atoms with van der Waals surface area (Å²) in [6.07, 6.45) is -0.0708. The second-order valence-electron chi connectivity index (χ2n) is 4.06. The zero-order valence-corrected chi connectivity index (χ0v) is 8.78. The van der Waals surface area contributed by atoms with Crippen LogP contribution in [-0.2, 0) is 19.2 Å². The van der Waals surface area contributed by atoms with Gasteiger partial charge >= 0.3 is 17.9 Å². The zero-order chi connectivity index (χ0) is 13.2. The van der Waals surface area contributed by atoms with E-state index in [0.717, 1.165) is 0 Å². The summed E-state index contributed by atoms with van der Waals surface area (Å²) in [5, 5.41) is 26.7. The van der Waals surface area contributed by atoms with Gasteiger partial charge in [-0.1, -0.05) is 0 Å². The van der Waals surface area contributed by atoms with E-state index in [-0.39, 0.29) is 12.8 Å². The van der Waals surface area contributed by atoms with Gasteiger partial charge in [-0.25, -0.2) is 0 Å². The van der Waals surface area contributed by atoms with Crippen LogP contribution in [0.2, 0.25) is 0 Å². The van der Waals surface area contributed by atoms with Crippen LogP contribution >= 0.6 is 0 Å². The molecule has 17 heavy (non-hydrogen) atoms. The molecule has 0 radical (unpaired) electrons. The van der Waals surface area contributed by atoms with Gasteiger partial charge in [0.25, 0.3) is 0 Å². The number of aldehydes is 1. The molecular weight excluding hydrogens is 232 g/mol. The second-order valence-corrected chi connectivity index (χ2v) is 4.06. The van der Waals surface area contributed by atoms with Crippen LogP contribution in [0.25, 0.3) is 0 Å². The topological polar surface area (TPSA) is 129 Å². The highest BCUT2D eigenvalue weighted by molar-refractivity contribution is 5.84. The van der Waals surface area contributed by atoms with Crippen LogP contribution in [0.1, 0.15) is 12.8 Å². The molecule has 0 heterocycles. The first-order chi connectivity index (χ1) is 7.90. The van der Waals surface area contributed by atoms with Gasteiger partial charge in [-0.05, 0) is 12.3 Å². The van der Waals surface area contributed by atoms with Crippen molar-refractivity contribution in [2.24, 2.45) is 23.7 Å². The molecule has 1 fully saturated rings. The summed E-state index contributed by atoms with van der Waals surface area (Å²) in [6, 6.07) is 0. The van der Waals surface area contributed by atoms with Crippen LogP contribution in [-0.4, -0.2) is 39.5 Å². The molecule has 94 valence electrons. The number of rotatable bonds is 5. The van der Waals surface area contributed by atoms with Crippen LogP contribution in [0, 0.1) is 23.7 Å². The number of carboxylic acid groups (broad SMARTS) is 3. The minimum Gasteiger partial charge on any atom is -0.481 e. The average Bonchev–Trinajstić information content (AvgIpc) is 2.57. The summed E-state index contributed by atoms with van der Waals surface area (Å²) in [5.41, 5.74) is 0. The van der Waals surface area contributed by atoms with E-state index in [4.69, 9.17) is 15.3 Å². The molecule has 0 aromatic rings. The second kappa shape index (κ2) is 4.94. The van der Waals surface area contributed by atoms with E-state index in [9.17, 15) is 19.2 Å². The first-order valence-electron chi connectivity index (χ1n) is 5.02. The summed E-state index contributed by atoms with van der Waals surface area (Å²) in [6.45, 7) is 0. The largest absolute Gasteiger partial charge is 0.481 e. The fourth-order valence-electron chi connectivity index (χ4n) is 2.46. The van der Waals surface area contributed by atoms with Crippen molar-refractivity contribution in [1.29, 1.82) is 0 Å². The maximum atomic E-state index is 11.0. The summed E-state index contributed by atoms with van der Waals surface area (Å²) in [5.74, 6) is -8.58. The highest BCUT2D eigenvalue weighted by Crippen LogP contribution is 2.43. The van der Waals surface area contributed by atoms with Crippen LogP contribution in [0.5, 0.6) is 0 Å². The Bertz CT molecular complexity index is 362. The molecule has 3 N–H and O–H groups in total. The Morgan fingerprint density at radius 1 is 1.00 bits per heavy atom. The van der Waals surface area contributed by atoms with Crippen molar-refractivity contribution in [2.75, 3.05) is 0 Å². The third-order valence-electron chi connectivity index (χ3n) is 3.21.